The van der Waals surface area contributed by atoms with Crippen LogP contribution in [0, 0.1) is 5.92 Å². The third-order valence-corrected chi connectivity index (χ3v) is 3.34. The predicted octanol–water partition coefficient (Wildman–Crippen LogP) is 3.38. The molecule has 0 rings (SSSR count). The van der Waals surface area contributed by atoms with E-state index in [1.807, 2.05) is 27.7 Å². The molecule has 0 aliphatic carbocycles. The van der Waals surface area contributed by atoms with Gasteiger partial charge in [0.15, 0.2) is 5.78 Å². The van der Waals surface area contributed by atoms with Crippen LogP contribution in [0.15, 0.2) is 5.11 Å². The minimum Gasteiger partial charge on any atom is -0.466 e. The summed E-state index contributed by atoms with van der Waals surface area (Å²) in [5, 5.41) is 6.61. The van der Waals surface area contributed by atoms with Crippen molar-refractivity contribution in [3.8, 4) is 0 Å². The normalized spacial score (nSPS) is 12.1. The van der Waals surface area contributed by atoms with E-state index < -0.39 is 0 Å². The number of hydrogen-bond acceptors (Lipinski definition) is 5. The Bertz CT molecular complexity index is 404. The van der Waals surface area contributed by atoms with Gasteiger partial charge in [-0.25, -0.2) is 0 Å². The van der Waals surface area contributed by atoms with E-state index >= 15 is 0 Å². The largest absolute Gasteiger partial charge is 0.466 e. The molecular formula is C16H30N4O3. The van der Waals surface area contributed by atoms with Crippen molar-refractivity contribution in [2.45, 2.75) is 71.9 Å². The molecular weight excluding hydrogens is 296 g/mol. The van der Waals surface area contributed by atoms with Gasteiger partial charge in [0.05, 0.1) is 19.2 Å². The second-order valence-electron chi connectivity index (χ2n) is 6.21. The monoisotopic (exact) mass is 326 g/mol. The maximum Gasteiger partial charge on any atom is 0.305 e. The molecule has 0 aromatic rings. The minimum atomic E-state index is -0.270. The summed E-state index contributed by atoms with van der Waals surface area (Å²) in [5.74, 6) is 0.00158. The van der Waals surface area contributed by atoms with Crippen LogP contribution in [-0.2, 0) is 14.3 Å². The molecule has 0 aromatic carbocycles. The molecule has 7 heteroatoms. The number of Topliss-reactive ketones (excluding diaryl/α,β-unsaturated/α-hetero) is 1. The van der Waals surface area contributed by atoms with Crippen LogP contribution >= 0.6 is 0 Å². The highest BCUT2D eigenvalue weighted by atomic mass is 16.5. The molecule has 0 radical (unpaired) electrons. The third-order valence-electron chi connectivity index (χ3n) is 3.34. The fourth-order valence-electron chi connectivity index (χ4n) is 2.22. The number of hydrogen-bond donors (Lipinski definition) is 1. The van der Waals surface area contributed by atoms with E-state index in [1.54, 1.807) is 0 Å². The van der Waals surface area contributed by atoms with Gasteiger partial charge in [-0.2, -0.15) is 0 Å². The van der Waals surface area contributed by atoms with Crippen molar-refractivity contribution in [2.24, 2.45) is 11.0 Å². The Morgan fingerprint density at radius 2 is 1.87 bits per heavy atom. The number of rotatable bonds is 13. The SMILES string of the molecule is CC(C)NC(CCCCCC(=O)OCCN=[N+]=[N-])C(=O)C(C)C. The van der Waals surface area contributed by atoms with Crippen LogP contribution in [0.2, 0.25) is 0 Å². The maximum atomic E-state index is 12.2. The van der Waals surface area contributed by atoms with E-state index in [0.29, 0.717) is 6.42 Å². The minimum absolute atomic E-state index is 0.0253. The quantitative estimate of drug-likeness (QED) is 0.184. The summed E-state index contributed by atoms with van der Waals surface area (Å²) in [6, 6.07) is 0.166. The highest BCUT2D eigenvalue weighted by molar-refractivity contribution is 5.85. The van der Waals surface area contributed by atoms with Gasteiger partial charge in [-0.15, -0.1) is 0 Å². The lowest BCUT2D eigenvalue weighted by molar-refractivity contribution is -0.143. The Morgan fingerprint density at radius 1 is 1.17 bits per heavy atom. The second kappa shape index (κ2) is 12.9. The molecule has 0 bridgehead atoms. The Labute approximate surface area is 138 Å². The molecule has 0 saturated carbocycles. The van der Waals surface area contributed by atoms with Crippen LogP contribution in [-0.4, -0.2) is 37.0 Å². The molecule has 1 unspecified atom stereocenters. The fraction of sp³-hybridized carbons (Fsp3) is 0.875. The first-order valence-electron chi connectivity index (χ1n) is 8.34. The molecule has 1 atom stereocenters. The number of nitrogens with zero attached hydrogens (tertiary/aromatic N) is 3. The van der Waals surface area contributed by atoms with Crippen LogP contribution in [0.3, 0.4) is 0 Å². The van der Waals surface area contributed by atoms with Gasteiger partial charge >= 0.3 is 5.97 Å². The molecule has 0 amide bonds. The van der Waals surface area contributed by atoms with Crippen molar-refractivity contribution in [3.05, 3.63) is 10.4 Å². The summed E-state index contributed by atoms with van der Waals surface area (Å²) >= 11 is 0. The van der Waals surface area contributed by atoms with Gasteiger partial charge in [-0.3, -0.25) is 9.59 Å². The summed E-state index contributed by atoms with van der Waals surface area (Å²) in [5.41, 5.74) is 8.09. The first-order chi connectivity index (χ1) is 10.9. The van der Waals surface area contributed by atoms with E-state index in [2.05, 4.69) is 15.3 Å². The molecule has 7 nitrogen and oxygen atoms in total. The highest BCUT2D eigenvalue weighted by Crippen LogP contribution is 2.11. The van der Waals surface area contributed by atoms with Crippen LogP contribution in [0.1, 0.15) is 59.8 Å². The Hall–Kier alpha value is -1.59. The number of unbranched alkanes of at least 4 members (excludes halogenated alkanes) is 2. The number of ether oxygens (including phenoxy) is 1. The van der Waals surface area contributed by atoms with Gasteiger partial charge < -0.3 is 10.1 Å². The molecule has 0 saturated heterocycles. The molecule has 1 N–H and O–H groups in total. The summed E-state index contributed by atoms with van der Waals surface area (Å²) in [4.78, 5) is 26.2. The van der Waals surface area contributed by atoms with Gasteiger partial charge in [0.2, 0.25) is 0 Å². The molecule has 0 aromatic heterocycles. The zero-order valence-electron chi connectivity index (χ0n) is 14.7. The molecule has 0 aliphatic rings. The van der Waals surface area contributed by atoms with Crippen LogP contribution in [0.5, 0.6) is 0 Å². The summed E-state index contributed by atoms with van der Waals surface area (Å²) < 4.78 is 4.92. The number of nitrogens with one attached hydrogen (secondary N) is 1. The number of esters is 1. The number of carbonyl (C=O) groups is 2. The van der Waals surface area contributed by atoms with E-state index in [-0.39, 0.29) is 42.9 Å². The second-order valence-corrected chi connectivity index (χ2v) is 6.21. The van der Waals surface area contributed by atoms with Crippen LogP contribution < -0.4 is 5.32 Å². The lowest BCUT2D eigenvalue weighted by atomic mass is 9.96. The van der Waals surface area contributed by atoms with E-state index in [1.165, 1.54) is 0 Å². The zero-order valence-corrected chi connectivity index (χ0v) is 14.7. The Balaban J connectivity index is 3.90. The maximum absolute atomic E-state index is 12.2. The van der Waals surface area contributed by atoms with Crippen molar-refractivity contribution in [2.75, 3.05) is 13.2 Å². The molecule has 23 heavy (non-hydrogen) atoms. The van der Waals surface area contributed by atoms with Gasteiger partial charge in [-0.1, -0.05) is 45.7 Å². The van der Waals surface area contributed by atoms with Gasteiger partial charge in [-0.05, 0) is 18.4 Å². The van der Waals surface area contributed by atoms with Crippen LogP contribution in [0.25, 0.3) is 10.4 Å². The smallest absolute Gasteiger partial charge is 0.305 e. The van der Waals surface area contributed by atoms with E-state index in [0.717, 1.165) is 25.7 Å². The lowest BCUT2D eigenvalue weighted by Gasteiger charge is -2.21. The van der Waals surface area contributed by atoms with Gasteiger partial charge in [0.25, 0.3) is 0 Å². The van der Waals surface area contributed by atoms with Crippen molar-refractivity contribution < 1.29 is 14.3 Å². The summed E-state index contributed by atoms with van der Waals surface area (Å²) in [7, 11) is 0. The first kappa shape index (κ1) is 21.4. The highest BCUT2D eigenvalue weighted by Gasteiger charge is 2.21. The average molecular weight is 326 g/mol. The number of azide groups is 1. The topological polar surface area (TPSA) is 104 Å². The van der Waals surface area contributed by atoms with Crippen LogP contribution in [0.4, 0.5) is 0 Å². The first-order valence-corrected chi connectivity index (χ1v) is 8.34. The fourth-order valence-corrected chi connectivity index (χ4v) is 2.22. The average Bonchev–Trinajstić information content (AvgIpc) is 2.48. The van der Waals surface area contributed by atoms with E-state index in [4.69, 9.17) is 10.3 Å². The third kappa shape index (κ3) is 11.6. The van der Waals surface area contributed by atoms with Gasteiger partial charge in [0, 0.05) is 23.3 Å². The van der Waals surface area contributed by atoms with Crippen molar-refractivity contribution in [3.63, 3.8) is 0 Å². The summed E-state index contributed by atoms with van der Waals surface area (Å²) in [6.45, 7) is 8.21. The molecule has 0 aliphatic heterocycles. The van der Waals surface area contributed by atoms with E-state index in [9.17, 15) is 9.59 Å². The Morgan fingerprint density at radius 3 is 2.43 bits per heavy atom. The zero-order chi connectivity index (χ0) is 17.7. The molecule has 132 valence electrons. The lowest BCUT2D eigenvalue weighted by Crippen LogP contribution is -2.42. The molecule has 0 heterocycles. The standard InChI is InChI=1S/C16H30N4O3/c1-12(2)16(22)14(19-13(3)4)8-6-5-7-9-15(21)23-11-10-18-20-17/h12-14,19H,5-11H2,1-4H3. The summed E-state index contributed by atoms with van der Waals surface area (Å²) in [6.07, 6.45) is 3.67. The number of carbonyl (C=O) groups excluding carboxylic acids is 2. The van der Waals surface area contributed by atoms with Crippen molar-refractivity contribution >= 4 is 11.8 Å². The van der Waals surface area contributed by atoms with Gasteiger partial charge in [0.1, 0.15) is 0 Å². The van der Waals surface area contributed by atoms with Crippen molar-refractivity contribution in [1.29, 1.82) is 0 Å². The Kier molecular flexibility index (Phi) is 12.0. The molecule has 0 fully saturated rings. The predicted molar refractivity (Wildman–Crippen MR) is 90.0 cm³/mol. The number of ketones is 1. The van der Waals surface area contributed by atoms with Crippen molar-refractivity contribution in [1.82, 2.24) is 5.32 Å². The molecule has 0 spiro atoms.